The fraction of sp³-hybridized carbons (Fsp3) is 0.633. The lowest BCUT2D eigenvalue weighted by Crippen LogP contribution is -2.57. The summed E-state index contributed by atoms with van der Waals surface area (Å²) in [5, 5.41) is 6.93. The second kappa shape index (κ2) is 12.4. The molecule has 2 N–H and O–H groups in total. The van der Waals surface area contributed by atoms with Crippen LogP contribution in [0.15, 0.2) is 30.4 Å². The largest absolute Gasteiger partial charge is 0.359 e. The molecule has 1 aromatic rings. The fourth-order valence-corrected chi connectivity index (χ4v) is 7.63. The van der Waals surface area contributed by atoms with Crippen LogP contribution in [0.25, 0.3) is 0 Å². The summed E-state index contributed by atoms with van der Waals surface area (Å²) in [6.45, 7) is 7.20. The lowest BCUT2D eigenvalue weighted by Gasteiger charge is -2.35. The molecule has 2 bridgehead atoms. The Kier molecular flexibility index (Phi) is 9.10. The molecule has 3 aliphatic heterocycles. The van der Waals surface area contributed by atoms with Gasteiger partial charge in [0, 0.05) is 34.9 Å². The van der Waals surface area contributed by atoms with Crippen LogP contribution < -0.4 is 10.6 Å². The highest BCUT2D eigenvalue weighted by Gasteiger charge is 2.72. The molecule has 3 fully saturated rings. The van der Waals surface area contributed by atoms with Crippen LogP contribution in [0.3, 0.4) is 0 Å². The van der Waals surface area contributed by atoms with Crippen molar-refractivity contribution >= 4 is 46.6 Å². The van der Waals surface area contributed by atoms with E-state index in [1.807, 2.05) is 12.2 Å². The summed E-state index contributed by atoms with van der Waals surface area (Å²) in [6, 6.07) is 4.09. The molecule has 5 atom stereocenters. The van der Waals surface area contributed by atoms with Crippen molar-refractivity contribution < 1.29 is 19.1 Å². The number of hydrogen-bond acceptors (Lipinski definition) is 5. The van der Waals surface area contributed by atoms with Gasteiger partial charge in [-0.3, -0.25) is 14.4 Å². The first-order chi connectivity index (χ1) is 19.3. The van der Waals surface area contributed by atoms with Crippen LogP contribution in [-0.4, -0.2) is 77.5 Å². The third kappa shape index (κ3) is 5.65. The number of likely N-dealkylation sites (tertiary alicyclic amines) is 1. The van der Waals surface area contributed by atoms with Gasteiger partial charge in [-0.05, 0) is 57.0 Å². The van der Waals surface area contributed by atoms with E-state index in [1.54, 1.807) is 23.1 Å². The molecular formula is C30H40Cl2N4O4. The molecule has 4 aliphatic rings. The summed E-state index contributed by atoms with van der Waals surface area (Å²) in [7, 11) is 0. The number of rotatable bonds is 11. The van der Waals surface area contributed by atoms with E-state index in [2.05, 4.69) is 29.4 Å². The van der Waals surface area contributed by atoms with Gasteiger partial charge in [0.2, 0.25) is 17.7 Å². The second-order valence-corrected chi connectivity index (χ2v) is 12.4. The zero-order valence-electron chi connectivity index (χ0n) is 23.3. The van der Waals surface area contributed by atoms with Crippen LogP contribution in [-0.2, 0) is 19.1 Å². The molecule has 3 heterocycles. The molecule has 3 amide bonds. The number of carbonyl (C=O) groups excluding carboxylic acids is 3. The predicted octanol–water partition coefficient (Wildman–Crippen LogP) is 4.65. The van der Waals surface area contributed by atoms with Gasteiger partial charge in [-0.15, -0.1) is 0 Å². The van der Waals surface area contributed by atoms with Crippen LogP contribution >= 0.6 is 23.2 Å². The number of anilines is 1. The van der Waals surface area contributed by atoms with Gasteiger partial charge in [0.25, 0.3) is 0 Å². The van der Waals surface area contributed by atoms with Crippen LogP contribution in [0.5, 0.6) is 0 Å². The molecule has 10 heteroatoms. The molecule has 0 radical (unpaired) electrons. The fourth-order valence-electron chi connectivity index (χ4n) is 7.10. The van der Waals surface area contributed by atoms with Crippen molar-refractivity contribution in [2.75, 3.05) is 31.5 Å². The maximum absolute atomic E-state index is 14.2. The number of hydrogen-bond donors (Lipinski definition) is 2. The summed E-state index contributed by atoms with van der Waals surface area (Å²) in [5.41, 5.74) is -0.721. The van der Waals surface area contributed by atoms with E-state index in [0.29, 0.717) is 28.8 Å². The molecule has 1 spiro atoms. The molecule has 40 heavy (non-hydrogen) atoms. The van der Waals surface area contributed by atoms with Gasteiger partial charge in [-0.25, -0.2) is 0 Å². The molecule has 218 valence electrons. The van der Waals surface area contributed by atoms with E-state index in [-0.39, 0.29) is 23.8 Å². The number of nitrogens with zero attached hydrogens (tertiary/aromatic N) is 2. The normalized spacial score (nSPS) is 29.3. The highest BCUT2D eigenvalue weighted by atomic mass is 35.5. The number of nitrogens with one attached hydrogen (secondary N) is 2. The van der Waals surface area contributed by atoms with Gasteiger partial charge >= 0.3 is 0 Å². The quantitative estimate of drug-likeness (QED) is 0.366. The molecular weight excluding hydrogens is 551 g/mol. The number of halogens is 2. The van der Waals surface area contributed by atoms with Crippen molar-refractivity contribution in [2.24, 2.45) is 11.8 Å². The van der Waals surface area contributed by atoms with Crippen LogP contribution in [0, 0.1) is 11.8 Å². The minimum atomic E-state index is -1.17. The van der Waals surface area contributed by atoms with E-state index in [4.69, 9.17) is 27.9 Å². The lowest BCUT2D eigenvalue weighted by molar-refractivity contribution is -0.141. The molecule has 2 saturated heterocycles. The summed E-state index contributed by atoms with van der Waals surface area (Å²) in [6.07, 6.45) is 10.4. The third-order valence-electron chi connectivity index (χ3n) is 8.74. The van der Waals surface area contributed by atoms with E-state index in [1.165, 1.54) is 6.42 Å². The lowest BCUT2D eigenvalue weighted by atomic mass is 9.74. The summed E-state index contributed by atoms with van der Waals surface area (Å²) < 4.78 is 6.47. The van der Waals surface area contributed by atoms with Gasteiger partial charge in [0.15, 0.2) is 0 Å². The standard InChI is InChI=1S/C30H40Cl2N4O4/c1-3-12-35(13-4-2)14-15-36-26(28(38)33-21-8-6-5-7-9-21)30-11-10-23(40-30)24(25(30)29(36)39)27(37)34-22-17-19(31)16-20(32)18-22/h10-11,16-18,21,23-26H,3-9,12-15H2,1-2H3,(H,33,38)(H,34,37). The van der Waals surface area contributed by atoms with E-state index in [0.717, 1.165) is 51.6 Å². The predicted molar refractivity (Wildman–Crippen MR) is 156 cm³/mol. The molecule has 1 saturated carbocycles. The SMILES string of the molecule is CCCN(CCC)CCN1C(=O)C2C(C(=O)Nc3cc(Cl)cc(Cl)c3)C3C=CC2(O3)C1C(=O)NC1CCCCC1. The maximum atomic E-state index is 14.2. The maximum Gasteiger partial charge on any atom is 0.246 e. The highest BCUT2D eigenvalue weighted by Crippen LogP contribution is 2.55. The van der Waals surface area contributed by atoms with Crippen LogP contribution in [0.2, 0.25) is 10.0 Å². The Hall–Kier alpha value is -2.13. The van der Waals surface area contributed by atoms with Crippen molar-refractivity contribution in [3.63, 3.8) is 0 Å². The number of ether oxygens (including phenoxy) is 1. The van der Waals surface area contributed by atoms with Gasteiger partial charge in [-0.2, -0.15) is 0 Å². The number of benzene rings is 1. The van der Waals surface area contributed by atoms with Crippen molar-refractivity contribution in [3.05, 3.63) is 40.4 Å². The Labute approximate surface area is 246 Å². The molecule has 5 unspecified atom stereocenters. The smallest absolute Gasteiger partial charge is 0.246 e. The number of carbonyl (C=O) groups is 3. The summed E-state index contributed by atoms with van der Waals surface area (Å²) in [4.78, 5) is 45.8. The summed E-state index contributed by atoms with van der Waals surface area (Å²) >= 11 is 12.3. The topological polar surface area (TPSA) is 91.0 Å². The average Bonchev–Trinajstić information content (AvgIpc) is 3.55. The zero-order valence-corrected chi connectivity index (χ0v) is 24.8. The molecule has 8 nitrogen and oxygen atoms in total. The third-order valence-corrected chi connectivity index (χ3v) is 9.18. The Balaban J connectivity index is 1.42. The average molecular weight is 592 g/mol. The van der Waals surface area contributed by atoms with Gasteiger partial charge in [0.1, 0.15) is 11.6 Å². The van der Waals surface area contributed by atoms with E-state index < -0.39 is 29.6 Å². The number of amides is 3. The first-order valence-corrected chi connectivity index (χ1v) is 15.5. The second-order valence-electron chi connectivity index (χ2n) is 11.6. The molecule has 1 aliphatic carbocycles. The first kappa shape index (κ1) is 29.4. The molecule has 5 rings (SSSR count). The highest BCUT2D eigenvalue weighted by molar-refractivity contribution is 6.35. The van der Waals surface area contributed by atoms with Crippen molar-refractivity contribution in [3.8, 4) is 0 Å². The zero-order chi connectivity index (χ0) is 28.4. The summed E-state index contributed by atoms with van der Waals surface area (Å²) in [5.74, 6) is -2.29. The minimum absolute atomic E-state index is 0.0968. The van der Waals surface area contributed by atoms with Gasteiger partial charge in [0.05, 0.1) is 17.9 Å². The van der Waals surface area contributed by atoms with Gasteiger partial charge < -0.3 is 25.2 Å². The van der Waals surface area contributed by atoms with E-state index in [9.17, 15) is 14.4 Å². The minimum Gasteiger partial charge on any atom is -0.359 e. The number of fused-ring (bicyclic) bond motifs is 1. The Morgan fingerprint density at radius 2 is 1.70 bits per heavy atom. The van der Waals surface area contributed by atoms with Crippen molar-refractivity contribution in [1.82, 2.24) is 15.1 Å². The van der Waals surface area contributed by atoms with Crippen LogP contribution in [0.4, 0.5) is 5.69 Å². The van der Waals surface area contributed by atoms with E-state index >= 15 is 0 Å². The Bertz CT molecular complexity index is 1130. The Morgan fingerprint density at radius 1 is 1.02 bits per heavy atom. The monoisotopic (exact) mass is 590 g/mol. The Morgan fingerprint density at radius 3 is 2.35 bits per heavy atom. The van der Waals surface area contributed by atoms with Crippen molar-refractivity contribution in [1.29, 1.82) is 0 Å². The molecule has 1 aromatic carbocycles. The first-order valence-electron chi connectivity index (χ1n) is 14.7. The molecule has 0 aromatic heterocycles. The van der Waals surface area contributed by atoms with Gasteiger partial charge in [-0.1, -0.05) is 68.5 Å². The van der Waals surface area contributed by atoms with Crippen LogP contribution in [0.1, 0.15) is 58.8 Å². The van der Waals surface area contributed by atoms with Crippen molar-refractivity contribution in [2.45, 2.75) is 82.6 Å².